The van der Waals surface area contributed by atoms with E-state index in [9.17, 15) is 4.39 Å². The van der Waals surface area contributed by atoms with Crippen LogP contribution in [0.1, 0.15) is 18.1 Å². The number of hydrogen-bond donors (Lipinski definition) is 0. The van der Waals surface area contributed by atoms with Gasteiger partial charge in [0.1, 0.15) is 17.7 Å². The number of aryl methyl sites for hydroxylation is 1. The molecule has 0 aromatic heterocycles. The van der Waals surface area contributed by atoms with E-state index in [0.717, 1.165) is 11.1 Å². The second-order valence-electron chi connectivity index (χ2n) is 3.78. The molecule has 1 atom stereocenters. The van der Waals surface area contributed by atoms with Crippen molar-refractivity contribution in [3.05, 3.63) is 47.7 Å². The number of benzene rings is 1. The first-order valence-electron chi connectivity index (χ1n) is 4.91. The highest BCUT2D eigenvalue weighted by molar-refractivity contribution is 5.77. The van der Waals surface area contributed by atoms with Crippen LogP contribution in [0.15, 0.2) is 36.6 Å². The molecule has 1 aliphatic heterocycles. The molecule has 0 amide bonds. The number of halogens is 1. The van der Waals surface area contributed by atoms with Gasteiger partial charge in [0, 0.05) is 11.1 Å². The van der Waals surface area contributed by atoms with Gasteiger partial charge >= 0.3 is 0 Å². The van der Waals surface area contributed by atoms with Crippen LogP contribution in [0, 0.1) is 6.92 Å². The zero-order valence-corrected chi connectivity index (χ0v) is 8.88. The second-order valence-corrected chi connectivity index (χ2v) is 3.78. The number of allylic oxidation sites excluding steroid dienone is 2. The smallest absolute Gasteiger partial charge is 0.135 e. The Balaban J connectivity index is 2.58. The van der Waals surface area contributed by atoms with Crippen LogP contribution in [-0.4, -0.2) is 6.17 Å². The van der Waals surface area contributed by atoms with Crippen molar-refractivity contribution in [3.63, 3.8) is 0 Å². The van der Waals surface area contributed by atoms with E-state index in [0.29, 0.717) is 17.1 Å². The Bertz CT molecular complexity index is 444. The average Bonchev–Trinajstić information content (AvgIpc) is 2.17. The van der Waals surface area contributed by atoms with Gasteiger partial charge in [-0.3, -0.25) is 0 Å². The lowest BCUT2D eigenvalue weighted by Crippen LogP contribution is -2.08. The van der Waals surface area contributed by atoms with Crippen molar-refractivity contribution in [1.82, 2.24) is 0 Å². The van der Waals surface area contributed by atoms with Crippen LogP contribution in [0.25, 0.3) is 5.57 Å². The predicted octanol–water partition coefficient (Wildman–Crippen LogP) is 3.64. The lowest BCUT2D eigenvalue weighted by molar-refractivity contribution is 0.416. The predicted molar refractivity (Wildman–Crippen MR) is 59.5 cm³/mol. The fourth-order valence-corrected chi connectivity index (χ4v) is 1.71. The van der Waals surface area contributed by atoms with Crippen molar-refractivity contribution in [2.24, 2.45) is 0 Å². The lowest BCUT2D eigenvalue weighted by Gasteiger charge is -2.20. The van der Waals surface area contributed by atoms with Gasteiger partial charge in [0.15, 0.2) is 0 Å². The Morgan fingerprint density at radius 2 is 2.13 bits per heavy atom. The summed E-state index contributed by atoms with van der Waals surface area (Å²) in [5.74, 6) is 1.18. The molecule has 0 spiro atoms. The molecule has 1 unspecified atom stereocenters. The van der Waals surface area contributed by atoms with Gasteiger partial charge in [0.05, 0.1) is 0 Å². The highest BCUT2D eigenvalue weighted by atomic mass is 19.1. The summed E-state index contributed by atoms with van der Waals surface area (Å²) in [6.07, 6.45) is 0.651. The first-order chi connectivity index (χ1) is 7.08. The molecule has 1 heterocycles. The van der Waals surface area contributed by atoms with E-state index in [1.165, 1.54) is 6.92 Å². The van der Waals surface area contributed by atoms with Gasteiger partial charge in [-0.05, 0) is 32.1 Å². The first kappa shape index (κ1) is 9.97. The maximum atomic E-state index is 13.4. The van der Waals surface area contributed by atoms with E-state index in [1.54, 1.807) is 6.08 Å². The van der Waals surface area contributed by atoms with E-state index < -0.39 is 6.17 Å². The molecule has 0 N–H and O–H groups in total. The molecule has 1 aliphatic rings. The molecule has 15 heavy (non-hydrogen) atoms. The minimum atomic E-state index is -1.01. The Hall–Kier alpha value is -1.57. The highest BCUT2D eigenvalue weighted by Crippen LogP contribution is 2.36. The fraction of sp³-hybridized carbons (Fsp3) is 0.231. The number of fused-ring (bicyclic) bond motifs is 1. The van der Waals surface area contributed by atoms with Gasteiger partial charge in [-0.25, -0.2) is 4.39 Å². The number of hydrogen-bond acceptors (Lipinski definition) is 1. The van der Waals surface area contributed by atoms with Crippen LogP contribution in [-0.2, 0) is 0 Å². The summed E-state index contributed by atoms with van der Waals surface area (Å²) < 4.78 is 18.8. The maximum absolute atomic E-state index is 13.4. The quantitative estimate of drug-likeness (QED) is 0.678. The molecular formula is C13H13FO. The van der Waals surface area contributed by atoms with Gasteiger partial charge in [-0.2, -0.15) is 0 Å². The average molecular weight is 204 g/mol. The molecule has 2 rings (SSSR count). The highest BCUT2D eigenvalue weighted by Gasteiger charge is 2.20. The minimum absolute atomic E-state index is 0.492. The standard InChI is InChI=1S/C13H13FO/c1-8-4-5-13-12(6-8)11(10(3)14)7-9(2)15-13/h4-7,10H,2H2,1,3H3. The van der Waals surface area contributed by atoms with E-state index >= 15 is 0 Å². The van der Waals surface area contributed by atoms with Crippen molar-refractivity contribution in [1.29, 1.82) is 0 Å². The van der Waals surface area contributed by atoms with E-state index in [4.69, 9.17) is 4.74 Å². The summed E-state index contributed by atoms with van der Waals surface area (Å²) in [5.41, 5.74) is 2.57. The third-order valence-corrected chi connectivity index (χ3v) is 2.43. The summed E-state index contributed by atoms with van der Waals surface area (Å²) in [7, 11) is 0. The molecule has 0 saturated heterocycles. The molecule has 0 bridgehead atoms. The fourth-order valence-electron chi connectivity index (χ4n) is 1.71. The lowest BCUT2D eigenvalue weighted by atomic mass is 9.97. The molecule has 0 radical (unpaired) electrons. The van der Waals surface area contributed by atoms with Crippen LogP contribution < -0.4 is 4.74 Å². The Morgan fingerprint density at radius 1 is 1.40 bits per heavy atom. The normalized spacial score (nSPS) is 16.5. The van der Waals surface area contributed by atoms with Crippen LogP contribution in [0.2, 0.25) is 0 Å². The number of ether oxygens (including phenoxy) is 1. The van der Waals surface area contributed by atoms with Crippen molar-refractivity contribution in [2.45, 2.75) is 20.0 Å². The first-order valence-corrected chi connectivity index (χ1v) is 4.91. The van der Waals surface area contributed by atoms with Crippen LogP contribution in [0.3, 0.4) is 0 Å². The second kappa shape index (κ2) is 3.54. The molecule has 2 heteroatoms. The summed E-state index contributed by atoms with van der Waals surface area (Å²) in [5, 5.41) is 0. The van der Waals surface area contributed by atoms with E-state index in [-0.39, 0.29) is 0 Å². The Morgan fingerprint density at radius 3 is 2.80 bits per heavy atom. The molecule has 1 nitrogen and oxygen atoms in total. The third-order valence-electron chi connectivity index (χ3n) is 2.43. The zero-order valence-electron chi connectivity index (χ0n) is 8.88. The molecule has 1 aromatic rings. The summed E-state index contributed by atoms with van der Waals surface area (Å²) in [6.45, 7) is 7.20. The molecule has 0 fully saturated rings. The van der Waals surface area contributed by atoms with Crippen LogP contribution >= 0.6 is 0 Å². The zero-order chi connectivity index (χ0) is 11.0. The monoisotopic (exact) mass is 204 g/mol. The maximum Gasteiger partial charge on any atom is 0.135 e. The van der Waals surface area contributed by atoms with Gasteiger partial charge in [-0.15, -0.1) is 0 Å². The SMILES string of the molecule is C=C1C=C(C(C)F)c2cc(C)ccc2O1. The van der Waals surface area contributed by atoms with Crippen LogP contribution in [0.5, 0.6) is 5.75 Å². The topological polar surface area (TPSA) is 9.23 Å². The molecule has 78 valence electrons. The van der Waals surface area contributed by atoms with Crippen molar-refractivity contribution in [2.75, 3.05) is 0 Å². The summed E-state index contributed by atoms with van der Waals surface area (Å²) in [6, 6.07) is 5.73. The summed E-state index contributed by atoms with van der Waals surface area (Å²) in [4.78, 5) is 0. The van der Waals surface area contributed by atoms with Crippen molar-refractivity contribution in [3.8, 4) is 5.75 Å². The van der Waals surface area contributed by atoms with Crippen molar-refractivity contribution < 1.29 is 9.13 Å². The van der Waals surface area contributed by atoms with E-state index in [1.807, 2.05) is 25.1 Å². The molecule has 0 saturated carbocycles. The van der Waals surface area contributed by atoms with Gasteiger partial charge < -0.3 is 4.74 Å². The third kappa shape index (κ3) is 1.80. The minimum Gasteiger partial charge on any atom is -0.457 e. The van der Waals surface area contributed by atoms with Gasteiger partial charge in [0.25, 0.3) is 0 Å². The van der Waals surface area contributed by atoms with Crippen LogP contribution in [0.4, 0.5) is 4.39 Å². The van der Waals surface area contributed by atoms with E-state index in [2.05, 4.69) is 6.58 Å². The van der Waals surface area contributed by atoms with Crippen molar-refractivity contribution >= 4 is 5.57 Å². The Kier molecular flexibility index (Phi) is 2.35. The molecule has 1 aromatic carbocycles. The number of rotatable bonds is 1. The number of alkyl halides is 1. The largest absolute Gasteiger partial charge is 0.457 e. The molecular weight excluding hydrogens is 191 g/mol. The Labute approximate surface area is 88.9 Å². The van der Waals surface area contributed by atoms with Gasteiger partial charge in [-0.1, -0.05) is 18.2 Å². The summed E-state index contributed by atoms with van der Waals surface area (Å²) >= 11 is 0. The molecule has 0 aliphatic carbocycles. The van der Waals surface area contributed by atoms with Gasteiger partial charge in [0.2, 0.25) is 0 Å².